The van der Waals surface area contributed by atoms with Gasteiger partial charge in [-0.25, -0.2) is 9.59 Å². The predicted octanol–water partition coefficient (Wildman–Crippen LogP) is 2.17. The van der Waals surface area contributed by atoms with Gasteiger partial charge in [-0.15, -0.1) is 5.92 Å². The van der Waals surface area contributed by atoms with Crippen molar-refractivity contribution in [1.82, 2.24) is 5.32 Å². The van der Waals surface area contributed by atoms with Gasteiger partial charge < -0.3 is 15.2 Å². The molecule has 21 heavy (non-hydrogen) atoms. The summed E-state index contributed by atoms with van der Waals surface area (Å²) in [5.41, 5.74) is 0.841. The molecule has 2 N–H and O–H groups in total. The highest BCUT2D eigenvalue weighted by Gasteiger charge is 2.21. The zero-order valence-electron chi connectivity index (χ0n) is 11.5. The van der Waals surface area contributed by atoms with Crippen LogP contribution in [0.3, 0.4) is 0 Å². The number of carbonyl (C=O) groups excluding carboxylic acids is 1. The molecule has 1 aliphatic rings. The van der Waals surface area contributed by atoms with Gasteiger partial charge in [-0.2, -0.15) is 0 Å². The zero-order valence-corrected chi connectivity index (χ0v) is 11.5. The molecule has 1 aliphatic carbocycles. The molecule has 1 aromatic rings. The molecule has 0 spiro atoms. The van der Waals surface area contributed by atoms with Gasteiger partial charge >= 0.3 is 12.1 Å². The maximum atomic E-state index is 11.6. The highest BCUT2D eigenvalue weighted by Crippen LogP contribution is 2.27. The maximum absolute atomic E-state index is 11.6. The molecule has 0 radical (unpaired) electrons. The van der Waals surface area contributed by atoms with Crippen molar-refractivity contribution in [3.63, 3.8) is 0 Å². The number of hydrogen-bond acceptors (Lipinski definition) is 3. The highest BCUT2D eigenvalue weighted by atomic mass is 16.5. The number of benzene rings is 1. The molecule has 1 amide bonds. The van der Waals surface area contributed by atoms with Gasteiger partial charge in [0, 0.05) is 12.3 Å². The molecule has 1 fully saturated rings. The molecule has 1 unspecified atom stereocenters. The van der Waals surface area contributed by atoms with Gasteiger partial charge in [0.05, 0.1) is 0 Å². The average molecular weight is 287 g/mol. The van der Waals surface area contributed by atoms with E-state index in [0.717, 1.165) is 18.4 Å². The zero-order chi connectivity index (χ0) is 15.1. The van der Waals surface area contributed by atoms with E-state index < -0.39 is 18.1 Å². The summed E-state index contributed by atoms with van der Waals surface area (Å²) in [6.45, 7) is 0.104. The lowest BCUT2D eigenvalue weighted by Gasteiger charge is -2.12. The third-order valence-corrected chi connectivity index (χ3v) is 2.99. The molecular weight excluding hydrogens is 270 g/mol. The van der Waals surface area contributed by atoms with Crippen LogP contribution in [0.15, 0.2) is 30.3 Å². The van der Waals surface area contributed by atoms with Crippen LogP contribution in [-0.4, -0.2) is 23.2 Å². The number of nitrogens with one attached hydrogen (secondary N) is 1. The van der Waals surface area contributed by atoms with Crippen LogP contribution < -0.4 is 5.32 Å². The molecular formula is C16H17NO4. The summed E-state index contributed by atoms with van der Waals surface area (Å²) in [4.78, 5) is 22.7. The second-order valence-corrected chi connectivity index (χ2v) is 4.90. The SMILES string of the molecule is O=C(NC(CC#CC1CC1)C(=O)O)OCc1ccccc1. The molecule has 2 rings (SSSR count). The predicted molar refractivity (Wildman–Crippen MR) is 76.3 cm³/mol. The summed E-state index contributed by atoms with van der Waals surface area (Å²) < 4.78 is 4.99. The van der Waals surface area contributed by atoms with Crippen molar-refractivity contribution in [3.8, 4) is 11.8 Å². The highest BCUT2D eigenvalue weighted by molar-refractivity contribution is 5.80. The number of amides is 1. The number of carboxylic acids is 1. The Kier molecular flexibility index (Phi) is 5.22. The van der Waals surface area contributed by atoms with Gasteiger partial charge in [-0.05, 0) is 18.4 Å². The van der Waals surface area contributed by atoms with E-state index in [4.69, 9.17) is 9.84 Å². The summed E-state index contributed by atoms with van der Waals surface area (Å²) in [6.07, 6.45) is 1.50. The molecule has 0 aromatic heterocycles. The third-order valence-electron chi connectivity index (χ3n) is 2.99. The van der Waals surface area contributed by atoms with Crippen molar-refractivity contribution < 1.29 is 19.4 Å². The van der Waals surface area contributed by atoms with Gasteiger partial charge in [-0.1, -0.05) is 36.3 Å². The van der Waals surface area contributed by atoms with Crippen LogP contribution in [0.1, 0.15) is 24.8 Å². The Morgan fingerprint density at radius 3 is 2.67 bits per heavy atom. The van der Waals surface area contributed by atoms with Crippen LogP contribution in [0.2, 0.25) is 0 Å². The van der Waals surface area contributed by atoms with Crippen molar-refractivity contribution in [2.45, 2.75) is 31.9 Å². The molecule has 1 saturated carbocycles. The second kappa shape index (κ2) is 7.34. The van der Waals surface area contributed by atoms with Crippen molar-refractivity contribution in [3.05, 3.63) is 35.9 Å². The van der Waals surface area contributed by atoms with Crippen LogP contribution >= 0.6 is 0 Å². The average Bonchev–Trinajstić information content (AvgIpc) is 3.29. The Balaban J connectivity index is 1.77. The first-order valence-corrected chi connectivity index (χ1v) is 6.83. The summed E-state index contributed by atoms with van der Waals surface area (Å²) >= 11 is 0. The van der Waals surface area contributed by atoms with E-state index in [9.17, 15) is 9.59 Å². The Hall–Kier alpha value is -2.48. The number of alkyl carbamates (subject to hydrolysis) is 1. The number of ether oxygens (including phenoxy) is 1. The van der Waals surface area contributed by atoms with Gasteiger partial charge in [0.15, 0.2) is 0 Å². The van der Waals surface area contributed by atoms with Gasteiger partial charge in [0.25, 0.3) is 0 Å². The fourth-order valence-corrected chi connectivity index (χ4v) is 1.64. The van der Waals surface area contributed by atoms with Crippen molar-refractivity contribution in [2.75, 3.05) is 0 Å². The van der Waals surface area contributed by atoms with E-state index in [1.165, 1.54) is 0 Å². The van der Waals surface area contributed by atoms with E-state index in [1.807, 2.05) is 30.3 Å². The minimum atomic E-state index is -1.11. The van der Waals surface area contributed by atoms with Crippen LogP contribution in [-0.2, 0) is 16.1 Å². The monoisotopic (exact) mass is 287 g/mol. The van der Waals surface area contributed by atoms with Gasteiger partial charge in [-0.3, -0.25) is 0 Å². The Bertz CT molecular complexity index is 555. The van der Waals surface area contributed by atoms with Crippen molar-refractivity contribution >= 4 is 12.1 Å². The van der Waals surface area contributed by atoms with E-state index in [2.05, 4.69) is 17.2 Å². The topological polar surface area (TPSA) is 75.6 Å². The van der Waals surface area contributed by atoms with Crippen LogP contribution in [0.5, 0.6) is 0 Å². The lowest BCUT2D eigenvalue weighted by Crippen LogP contribution is -2.40. The first-order chi connectivity index (χ1) is 10.1. The lowest BCUT2D eigenvalue weighted by molar-refractivity contribution is -0.139. The molecule has 0 aliphatic heterocycles. The summed E-state index contributed by atoms with van der Waals surface area (Å²) in [5, 5.41) is 11.4. The summed E-state index contributed by atoms with van der Waals surface area (Å²) in [7, 11) is 0. The summed E-state index contributed by atoms with van der Waals surface area (Å²) in [6, 6.07) is 8.14. The molecule has 5 nitrogen and oxygen atoms in total. The van der Waals surface area contributed by atoms with Crippen LogP contribution in [0.4, 0.5) is 4.79 Å². The second-order valence-electron chi connectivity index (χ2n) is 4.90. The van der Waals surface area contributed by atoms with E-state index in [-0.39, 0.29) is 13.0 Å². The van der Waals surface area contributed by atoms with E-state index in [1.54, 1.807) is 0 Å². The molecule has 5 heteroatoms. The molecule has 110 valence electrons. The minimum Gasteiger partial charge on any atom is -0.480 e. The van der Waals surface area contributed by atoms with Crippen LogP contribution in [0, 0.1) is 17.8 Å². The minimum absolute atomic E-state index is 0.0896. The maximum Gasteiger partial charge on any atom is 0.408 e. The summed E-state index contributed by atoms with van der Waals surface area (Å²) in [5.74, 6) is 5.07. The molecule has 0 bridgehead atoms. The normalized spacial score (nSPS) is 14.5. The molecule has 1 atom stereocenters. The fourth-order valence-electron chi connectivity index (χ4n) is 1.64. The number of aliphatic carboxylic acids is 1. The van der Waals surface area contributed by atoms with Crippen LogP contribution in [0.25, 0.3) is 0 Å². The number of carboxylic acid groups (broad SMARTS) is 1. The fraction of sp³-hybridized carbons (Fsp3) is 0.375. The smallest absolute Gasteiger partial charge is 0.408 e. The van der Waals surface area contributed by atoms with Crippen molar-refractivity contribution in [1.29, 1.82) is 0 Å². The number of carbonyl (C=O) groups is 2. The Morgan fingerprint density at radius 1 is 1.33 bits per heavy atom. The van der Waals surface area contributed by atoms with Gasteiger partial charge in [0.1, 0.15) is 12.6 Å². The molecule has 0 saturated heterocycles. The standard InChI is InChI=1S/C16H17NO4/c18-15(19)14(8-4-7-12-9-10-12)17-16(20)21-11-13-5-2-1-3-6-13/h1-3,5-6,12,14H,8-11H2,(H,17,20)(H,18,19). The number of rotatable bonds is 5. The molecule has 1 aromatic carbocycles. The Labute approximate surface area is 123 Å². The van der Waals surface area contributed by atoms with Gasteiger partial charge in [0.2, 0.25) is 0 Å². The lowest BCUT2D eigenvalue weighted by atomic mass is 10.2. The van der Waals surface area contributed by atoms with E-state index >= 15 is 0 Å². The largest absolute Gasteiger partial charge is 0.480 e. The number of hydrogen-bond donors (Lipinski definition) is 2. The van der Waals surface area contributed by atoms with E-state index in [0.29, 0.717) is 5.92 Å². The third kappa shape index (κ3) is 5.57. The first kappa shape index (κ1) is 14.9. The molecule has 0 heterocycles. The first-order valence-electron chi connectivity index (χ1n) is 6.83. The Morgan fingerprint density at radius 2 is 2.05 bits per heavy atom. The van der Waals surface area contributed by atoms with Crippen molar-refractivity contribution in [2.24, 2.45) is 5.92 Å². The quantitative estimate of drug-likeness (QED) is 0.814.